The van der Waals surface area contributed by atoms with Crippen molar-refractivity contribution in [2.24, 2.45) is 5.73 Å². The predicted molar refractivity (Wildman–Crippen MR) is 91.8 cm³/mol. The van der Waals surface area contributed by atoms with Crippen LogP contribution in [-0.2, 0) is 34.5 Å². The Morgan fingerprint density at radius 3 is 1.81 bits per heavy atom. The number of ketones is 1. The molecule has 0 aromatic rings. The first-order valence-electron chi connectivity index (χ1n) is 8.30. The Balaban J connectivity index is 2.87. The Morgan fingerprint density at radius 1 is 0.906 bits per heavy atom. The van der Waals surface area contributed by atoms with E-state index in [4.69, 9.17) is 5.73 Å². The molecule has 0 saturated carbocycles. The van der Waals surface area contributed by atoms with Crippen LogP contribution in [0.1, 0.15) is 0 Å². The van der Waals surface area contributed by atoms with Gasteiger partial charge in [-0.3, -0.25) is 13.9 Å². The normalized spacial score (nSPS) is 48.4. The standard InChI is InChI=1S/C12H21NO17S2/c13-11(31(23,24)25)10(21,7(18)2(1-14)30-12(11,22)32(26,27)28)8(19)6-4(16)3(15)5(17)9(20)29-6/h2-7,9,14-18,20-22H,1,13H2,(H,23,24,25)(H,26,27,28)/t2-,3?,4?,5?,6?,7-,9?,10-,11+,12-/m1/s1. The second kappa shape index (κ2) is 8.07. The van der Waals surface area contributed by atoms with Gasteiger partial charge in [-0.25, -0.2) is 0 Å². The molecule has 0 radical (unpaired) electrons. The number of carbonyl (C=O) groups excluding carboxylic acids is 1. The van der Waals surface area contributed by atoms with Crippen LogP contribution in [0.25, 0.3) is 0 Å². The van der Waals surface area contributed by atoms with E-state index in [2.05, 4.69) is 9.47 Å². The molecule has 2 heterocycles. The molecule has 0 aliphatic carbocycles. The number of nitrogens with two attached hydrogens (primary N) is 1. The van der Waals surface area contributed by atoms with Crippen LogP contribution in [0, 0.1) is 0 Å². The maximum atomic E-state index is 13.1. The van der Waals surface area contributed by atoms with E-state index < -0.39 is 91.1 Å². The van der Waals surface area contributed by atoms with E-state index in [0.717, 1.165) is 0 Å². The van der Waals surface area contributed by atoms with Gasteiger partial charge in [-0.05, 0) is 0 Å². The molecule has 32 heavy (non-hydrogen) atoms. The Labute approximate surface area is 178 Å². The Hall–Kier alpha value is -0.950. The third kappa shape index (κ3) is 3.40. The van der Waals surface area contributed by atoms with Gasteiger partial charge in [-0.15, -0.1) is 0 Å². The Bertz CT molecular complexity index is 970. The summed E-state index contributed by atoms with van der Waals surface area (Å²) in [6, 6.07) is 0. The lowest BCUT2D eigenvalue weighted by Gasteiger charge is -2.55. The molecular weight excluding hydrogens is 494 g/mol. The SMILES string of the molecule is N[C@]1(S(=O)(=O)O)[C@](O)(C(=O)C2OC(O)C(O)C(O)C2O)[C@H](O)[C@@H](CO)O[C@@]1(O)S(=O)(=O)O. The molecule has 18 nitrogen and oxygen atoms in total. The lowest BCUT2D eigenvalue weighted by molar-refractivity contribution is -0.317. The molecule has 20 heteroatoms. The quantitative estimate of drug-likeness (QED) is 0.151. The summed E-state index contributed by atoms with van der Waals surface area (Å²) in [5, 5.41) is 74.9. The zero-order chi connectivity index (χ0) is 25.2. The number of rotatable bonds is 5. The lowest BCUT2D eigenvalue weighted by atomic mass is 9.75. The molecule has 12 N–H and O–H groups in total. The van der Waals surface area contributed by atoms with Crippen LogP contribution in [0.3, 0.4) is 0 Å². The maximum absolute atomic E-state index is 13.1. The van der Waals surface area contributed by atoms with Crippen molar-refractivity contribution >= 4 is 26.0 Å². The number of hydrogen-bond donors (Lipinski definition) is 11. The number of ether oxygens (including phenoxy) is 2. The van der Waals surface area contributed by atoms with Gasteiger partial charge in [-0.2, -0.15) is 16.8 Å². The van der Waals surface area contributed by atoms with E-state index in [1.165, 1.54) is 0 Å². The van der Waals surface area contributed by atoms with Crippen molar-refractivity contribution in [3.8, 4) is 0 Å². The molecule has 188 valence electrons. The monoisotopic (exact) mass is 515 g/mol. The molecular formula is C12H21NO17S2. The number of aliphatic hydroxyl groups is 8. The van der Waals surface area contributed by atoms with Crippen molar-refractivity contribution in [1.29, 1.82) is 0 Å². The van der Waals surface area contributed by atoms with Gasteiger partial charge in [-0.1, -0.05) is 0 Å². The first kappa shape index (κ1) is 27.3. The summed E-state index contributed by atoms with van der Waals surface area (Å²) in [6.07, 6.45) is -18.3. The van der Waals surface area contributed by atoms with Crippen molar-refractivity contribution in [3.05, 3.63) is 0 Å². The molecule has 0 amide bonds. The molecule has 0 bridgehead atoms. The van der Waals surface area contributed by atoms with Crippen LogP contribution in [0.5, 0.6) is 0 Å². The number of carbonyl (C=O) groups is 1. The summed E-state index contributed by atoms with van der Waals surface area (Å²) in [7, 11) is -12.9. The van der Waals surface area contributed by atoms with Gasteiger partial charge in [0.2, 0.25) is 5.78 Å². The molecule has 5 unspecified atom stereocenters. The van der Waals surface area contributed by atoms with Gasteiger partial charge in [0.1, 0.15) is 30.5 Å². The van der Waals surface area contributed by atoms with Crippen LogP contribution in [0.15, 0.2) is 0 Å². The average molecular weight is 515 g/mol. The van der Waals surface area contributed by atoms with Crippen LogP contribution in [-0.4, -0.2) is 138 Å². The second-order valence-electron chi connectivity index (χ2n) is 7.10. The highest BCUT2D eigenvalue weighted by molar-refractivity contribution is 7.91. The fraction of sp³-hybridized carbons (Fsp3) is 0.917. The lowest BCUT2D eigenvalue weighted by Crippen LogP contribution is -2.89. The summed E-state index contributed by atoms with van der Waals surface area (Å²) >= 11 is 0. The molecule has 0 aromatic carbocycles. The summed E-state index contributed by atoms with van der Waals surface area (Å²) in [5.41, 5.74) is 0.750. The molecule has 0 spiro atoms. The van der Waals surface area contributed by atoms with E-state index in [-0.39, 0.29) is 0 Å². The number of Topliss-reactive ketones (excluding diaryl/α,β-unsaturated/α-hetero) is 1. The first-order chi connectivity index (χ1) is 14.2. The highest BCUT2D eigenvalue weighted by atomic mass is 32.2. The van der Waals surface area contributed by atoms with Gasteiger partial charge in [0.05, 0.1) is 6.61 Å². The molecule has 2 aliphatic heterocycles. The summed E-state index contributed by atoms with van der Waals surface area (Å²) < 4.78 is 75.4. The predicted octanol–water partition coefficient (Wildman–Crippen LogP) is -8.08. The van der Waals surface area contributed by atoms with Crippen molar-refractivity contribution < 1.29 is 81.1 Å². The van der Waals surface area contributed by atoms with Gasteiger partial charge >= 0.3 is 15.2 Å². The number of aliphatic hydroxyl groups excluding tert-OH is 6. The van der Waals surface area contributed by atoms with Crippen molar-refractivity contribution in [3.63, 3.8) is 0 Å². The van der Waals surface area contributed by atoms with Crippen molar-refractivity contribution in [2.75, 3.05) is 6.61 Å². The van der Waals surface area contributed by atoms with E-state index in [1.54, 1.807) is 0 Å². The van der Waals surface area contributed by atoms with Crippen molar-refractivity contribution in [2.45, 2.75) is 58.5 Å². The van der Waals surface area contributed by atoms with Gasteiger partial charge in [0.25, 0.3) is 15.0 Å². The topological polar surface area (TPSA) is 332 Å². The van der Waals surface area contributed by atoms with Gasteiger partial charge in [0.15, 0.2) is 18.0 Å². The summed E-state index contributed by atoms with van der Waals surface area (Å²) in [4.78, 5) is 8.25. The number of hydrogen-bond acceptors (Lipinski definition) is 16. The Morgan fingerprint density at radius 2 is 1.41 bits per heavy atom. The third-order valence-electron chi connectivity index (χ3n) is 5.29. The van der Waals surface area contributed by atoms with Crippen LogP contribution < -0.4 is 5.73 Å². The maximum Gasteiger partial charge on any atom is 0.337 e. The highest BCUT2D eigenvalue weighted by Gasteiger charge is 2.84. The van der Waals surface area contributed by atoms with Gasteiger partial charge in [0, 0.05) is 0 Å². The second-order valence-corrected chi connectivity index (χ2v) is 10.2. The third-order valence-corrected chi connectivity index (χ3v) is 7.93. The molecule has 2 saturated heterocycles. The Kier molecular flexibility index (Phi) is 6.89. The average Bonchev–Trinajstić information content (AvgIpc) is 2.67. The van der Waals surface area contributed by atoms with Gasteiger partial charge < -0.3 is 56.1 Å². The van der Waals surface area contributed by atoms with E-state index in [0.29, 0.717) is 0 Å². The fourth-order valence-electron chi connectivity index (χ4n) is 3.46. The zero-order valence-electron chi connectivity index (χ0n) is 15.5. The van der Waals surface area contributed by atoms with E-state index in [9.17, 15) is 71.6 Å². The molecule has 2 fully saturated rings. The smallest absolute Gasteiger partial charge is 0.337 e. The minimum Gasteiger partial charge on any atom is -0.394 e. The zero-order valence-corrected chi connectivity index (χ0v) is 17.1. The minimum absolute atomic E-state index is 1.58. The van der Waals surface area contributed by atoms with Crippen LogP contribution >= 0.6 is 0 Å². The van der Waals surface area contributed by atoms with Crippen LogP contribution in [0.4, 0.5) is 0 Å². The fourth-order valence-corrected chi connectivity index (χ4v) is 5.86. The molecule has 10 atom stereocenters. The molecule has 2 aliphatic rings. The minimum atomic E-state index is -6.49. The summed E-state index contributed by atoms with van der Waals surface area (Å²) in [6.45, 7) is -1.58. The largest absolute Gasteiger partial charge is 0.394 e. The van der Waals surface area contributed by atoms with Crippen molar-refractivity contribution in [1.82, 2.24) is 0 Å². The molecule has 0 aromatic heterocycles. The van der Waals surface area contributed by atoms with E-state index >= 15 is 0 Å². The highest BCUT2D eigenvalue weighted by Crippen LogP contribution is 2.48. The summed E-state index contributed by atoms with van der Waals surface area (Å²) in [5.74, 6) is -2.40. The van der Waals surface area contributed by atoms with E-state index in [1.807, 2.05) is 0 Å². The van der Waals surface area contributed by atoms with Crippen LogP contribution in [0.2, 0.25) is 0 Å². The molecule has 2 rings (SSSR count). The first-order valence-corrected chi connectivity index (χ1v) is 11.2.